The predicted octanol–water partition coefficient (Wildman–Crippen LogP) is 4.37. The van der Waals surface area contributed by atoms with E-state index in [1.807, 2.05) is 18.2 Å². The van der Waals surface area contributed by atoms with Crippen molar-refractivity contribution in [2.45, 2.75) is 31.7 Å². The molecule has 2 aromatic carbocycles. The Hall–Kier alpha value is -2.14. The van der Waals surface area contributed by atoms with E-state index in [0.29, 0.717) is 16.8 Å². The summed E-state index contributed by atoms with van der Waals surface area (Å²) in [6.07, 6.45) is 4.37. The molecule has 0 radical (unpaired) electrons. The van der Waals surface area contributed by atoms with Crippen molar-refractivity contribution in [3.8, 4) is 0 Å². The molecule has 24 heavy (non-hydrogen) atoms. The molecule has 1 saturated carbocycles. The predicted molar refractivity (Wildman–Crippen MR) is 98.3 cm³/mol. The Kier molecular flexibility index (Phi) is 5.30. The van der Waals surface area contributed by atoms with Crippen LogP contribution in [0, 0.1) is 0 Å². The number of carbonyl (C=O) groups excluding carboxylic acids is 2. The van der Waals surface area contributed by atoms with E-state index in [2.05, 4.69) is 26.6 Å². The van der Waals surface area contributed by atoms with Crippen molar-refractivity contribution in [1.82, 2.24) is 5.32 Å². The van der Waals surface area contributed by atoms with E-state index < -0.39 is 0 Å². The minimum atomic E-state index is -0.247. The molecule has 1 aliphatic rings. The van der Waals surface area contributed by atoms with Crippen LogP contribution in [0.4, 0.5) is 5.69 Å². The van der Waals surface area contributed by atoms with Gasteiger partial charge in [0.2, 0.25) is 0 Å². The fourth-order valence-electron chi connectivity index (χ4n) is 2.96. The first-order valence-corrected chi connectivity index (χ1v) is 8.90. The van der Waals surface area contributed by atoms with E-state index in [9.17, 15) is 9.59 Å². The summed E-state index contributed by atoms with van der Waals surface area (Å²) in [6.45, 7) is 0. The Balaban J connectivity index is 1.77. The molecule has 124 valence electrons. The molecular formula is C19H19BrN2O2. The molecule has 2 N–H and O–H groups in total. The summed E-state index contributed by atoms with van der Waals surface area (Å²) < 4.78 is 0.718. The van der Waals surface area contributed by atoms with Crippen LogP contribution in [0.1, 0.15) is 46.4 Å². The molecule has 1 fully saturated rings. The third-order valence-electron chi connectivity index (χ3n) is 4.23. The van der Waals surface area contributed by atoms with Gasteiger partial charge in [0.15, 0.2) is 0 Å². The molecule has 4 nitrogen and oxygen atoms in total. The second-order valence-electron chi connectivity index (χ2n) is 5.93. The first kappa shape index (κ1) is 16.7. The maximum Gasteiger partial charge on any atom is 0.256 e. The highest BCUT2D eigenvalue weighted by molar-refractivity contribution is 9.10. The van der Waals surface area contributed by atoms with Crippen LogP contribution in [-0.4, -0.2) is 17.9 Å². The van der Waals surface area contributed by atoms with Gasteiger partial charge in [-0.3, -0.25) is 9.59 Å². The standard InChI is InChI=1S/C19H19BrN2O2/c20-16-11-5-3-9-14(16)18(23)22-17-12-6-4-10-15(17)19(24)21-13-7-1-2-8-13/h3-6,9-13H,1-2,7-8H2,(H,21,24)(H,22,23). The zero-order chi connectivity index (χ0) is 16.9. The van der Waals surface area contributed by atoms with E-state index in [1.54, 1.807) is 30.3 Å². The number of para-hydroxylation sites is 1. The van der Waals surface area contributed by atoms with Crippen LogP contribution in [0.15, 0.2) is 53.0 Å². The lowest BCUT2D eigenvalue weighted by Gasteiger charge is -2.15. The van der Waals surface area contributed by atoms with Crippen molar-refractivity contribution in [2.24, 2.45) is 0 Å². The Morgan fingerprint density at radius 1 is 0.875 bits per heavy atom. The maximum absolute atomic E-state index is 12.5. The topological polar surface area (TPSA) is 58.2 Å². The number of hydrogen-bond donors (Lipinski definition) is 2. The van der Waals surface area contributed by atoms with Crippen LogP contribution >= 0.6 is 15.9 Å². The van der Waals surface area contributed by atoms with E-state index >= 15 is 0 Å². The van der Waals surface area contributed by atoms with E-state index in [4.69, 9.17) is 0 Å². The first-order chi connectivity index (χ1) is 11.6. The lowest BCUT2D eigenvalue weighted by molar-refractivity contribution is 0.0939. The maximum atomic E-state index is 12.5. The molecule has 0 heterocycles. The molecular weight excluding hydrogens is 368 g/mol. The average Bonchev–Trinajstić information content (AvgIpc) is 3.08. The summed E-state index contributed by atoms with van der Waals surface area (Å²) in [5.74, 6) is -0.381. The molecule has 0 saturated heterocycles. The van der Waals surface area contributed by atoms with Crippen molar-refractivity contribution in [1.29, 1.82) is 0 Å². The summed E-state index contributed by atoms with van der Waals surface area (Å²) in [5, 5.41) is 5.90. The van der Waals surface area contributed by atoms with Crippen molar-refractivity contribution >= 4 is 33.4 Å². The molecule has 0 aromatic heterocycles. The second-order valence-corrected chi connectivity index (χ2v) is 6.79. The monoisotopic (exact) mass is 386 g/mol. The van der Waals surface area contributed by atoms with Gasteiger partial charge >= 0.3 is 0 Å². The normalized spacial score (nSPS) is 14.4. The molecule has 1 aliphatic carbocycles. The van der Waals surface area contributed by atoms with Gasteiger partial charge < -0.3 is 10.6 Å². The summed E-state index contributed by atoms with van der Waals surface area (Å²) in [7, 11) is 0. The number of anilines is 1. The number of amides is 2. The highest BCUT2D eigenvalue weighted by Gasteiger charge is 2.20. The zero-order valence-corrected chi connectivity index (χ0v) is 14.8. The van der Waals surface area contributed by atoms with Crippen LogP contribution < -0.4 is 10.6 Å². The largest absolute Gasteiger partial charge is 0.349 e. The van der Waals surface area contributed by atoms with Gasteiger partial charge in [-0.25, -0.2) is 0 Å². The van der Waals surface area contributed by atoms with Crippen LogP contribution in [-0.2, 0) is 0 Å². The third kappa shape index (κ3) is 3.85. The van der Waals surface area contributed by atoms with Gasteiger partial charge in [0.05, 0.1) is 16.8 Å². The Labute approximate surface area is 149 Å². The fraction of sp³-hybridized carbons (Fsp3) is 0.263. The number of carbonyl (C=O) groups is 2. The number of hydrogen-bond acceptors (Lipinski definition) is 2. The second kappa shape index (κ2) is 7.62. The molecule has 2 amide bonds. The van der Waals surface area contributed by atoms with Crippen molar-refractivity contribution < 1.29 is 9.59 Å². The third-order valence-corrected chi connectivity index (χ3v) is 4.92. The smallest absolute Gasteiger partial charge is 0.256 e. The zero-order valence-electron chi connectivity index (χ0n) is 13.2. The van der Waals surface area contributed by atoms with Gasteiger partial charge in [-0.1, -0.05) is 37.1 Å². The highest BCUT2D eigenvalue weighted by Crippen LogP contribution is 2.22. The molecule has 0 spiro atoms. The number of nitrogens with one attached hydrogen (secondary N) is 2. The molecule has 2 aromatic rings. The fourth-order valence-corrected chi connectivity index (χ4v) is 3.42. The van der Waals surface area contributed by atoms with Crippen molar-refractivity contribution in [3.63, 3.8) is 0 Å². The molecule has 0 aliphatic heterocycles. The van der Waals surface area contributed by atoms with Crippen LogP contribution in [0.25, 0.3) is 0 Å². The molecule has 5 heteroatoms. The number of rotatable bonds is 4. The van der Waals surface area contributed by atoms with Gasteiger partial charge in [-0.05, 0) is 53.0 Å². The first-order valence-electron chi connectivity index (χ1n) is 8.11. The van der Waals surface area contributed by atoms with Crippen molar-refractivity contribution in [3.05, 3.63) is 64.1 Å². The summed E-state index contributed by atoms with van der Waals surface area (Å²) >= 11 is 3.38. The average molecular weight is 387 g/mol. The van der Waals surface area contributed by atoms with E-state index in [-0.39, 0.29) is 17.9 Å². The highest BCUT2D eigenvalue weighted by atomic mass is 79.9. The molecule has 0 unspecified atom stereocenters. The molecule has 0 atom stereocenters. The molecule has 3 rings (SSSR count). The Bertz CT molecular complexity index is 755. The number of halogens is 1. The Morgan fingerprint density at radius 3 is 2.21 bits per heavy atom. The van der Waals surface area contributed by atoms with E-state index in [1.165, 1.54) is 0 Å². The lowest BCUT2D eigenvalue weighted by atomic mass is 10.1. The minimum Gasteiger partial charge on any atom is -0.349 e. The van der Waals surface area contributed by atoms with Crippen LogP contribution in [0.3, 0.4) is 0 Å². The van der Waals surface area contributed by atoms with Gasteiger partial charge in [0, 0.05) is 10.5 Å². The van der Waals surface area contributed by atoms with E-state index in [0.717, 1.165) is 30.2 Å². The summed E-state index contributed by atoms with van der Waals surface area (Å²) in [4.78, 5) is 25.0. The van der Waals surface area contributed by atoms with Crippen LogP contribution in [0.2, 0.25) is 0 Å². The van der Waals surface area contributed by atoms with Gasteiger partial charge in [-0.2, -0.15) is 0 Å². The summed E-state index contributed by atoms with van der Waals surface area (Å²) in [5.41, 5.74) is 1.54. The van der Waals surface area contributed by atoms with Gasteiger partial charge in [0.25, 0.3) is 11.8 Å². The lowest BCUT2D eigenvalue weighted by Crippen LogP contribution is -2.33. The van der Waals surface area contributed by atoms with Gasteiger partial charge in [0.1, 0.15) is 0 Å². The molecule has 0 bridgehead atoms. The van der Waals surface area contributed by atoms with Crippen molar-refractivity contribution in [2.75, 3.05) is 5.32 Å². The van der Waals surface area contributed by atoms with Crippen LogP contribution in [0.5, 0.6) is 0 Å². The quantitative estimate of drug-likeness (QED) is 0.819. The SMILES string of the molecule is O=C(Nc1ccccc1C(=O)NC1CCCC1)c1ccccc1Br. The van der Waals surface area contributed by atoms with Gasteiger partial charge in [-0.15, -0.1) is 0 Å². The Morgan fingerprint density at radius 2 is 1.50 bits per heavy atom. The summed E-state index contributed by atoms with van der Waals surface area (Å²) in [6, 6.07) is 14.5. The number of benzene rings is 2. The minimum absolute atomic E-state index is 0.134.